The Morgan fingerprint density at radius 2 is 1.50 bits per heavy atom. The van der Waals surface area contributed by atoms with Crippen LogP contribution in [0.2, 0.25) is 0 Å². The van der Waals surface area contributed by atoms with E-state index in [4.69, 9.17) is 4.74 Å². The standard InChI is InChI=1S/C24H25N3O3/c1-17(19-12-6-9-15-22(19)30-2)26-23(28)16-25-20-13-7-8-14-21(20)27-24(29)18-10-4-3-5-11-18/h3-15,17,25H,16H2,1-2H3,(H,26,28)(H,27,29). The molecule has 0 bridgehead atoms. The lowest BCUT2D eigenvalue weighted by molar-refractivity contribution is -0.120. The van der Waals surface area contributed by atoms with Crippen LogP contribution in [0.25, 0.3) is 0 Å². The van der Waals surface area contributed by atoms with Crippen LogP contribution in [0, 0.1) is 0 Å². The molecule has 3 aromatic carbocycles. The molecular weight excluding hydrogens is 378 g/mol. The Morgan fingerprint density at radius 1 is 0.867 bits per heavy atom. The number of amides is 2. The zero-order chi connectivity index (χ0) is 21.3. The van der Waals surface area contributed by atoms with E-state index >= 15 is 0 Å². The van der Waals surface area contributed by atoms with Crippen molar-refractivity contribution in [1.29, 1.82) is 0 Å². The largest absolute Gasteiger partial charge is 0.496 e. The van der Waals surface area contributed by atoms with Crippen LogP contribution < -0.4 is 20.7 Å². The van der Waals surface area contributed by atoms with Crippen LogP contribution in [-0.4, -0.2) is 25.5 Å². The molecule has 30 heavy (non-hydrogen) atoms. The quantitative estimate of drug-likeness (QED) is 0.526. The van der Waals surface area contributed by atoms with Crippen molar-refractivity contribution >= 4 is 23.2 Å². The Labute approximate surface area is 176 Å². The molecule has 0 radical (unpaired) electrons. The van der Waals surface area contributed by atoms with Crippen molar-refractivity contribution < 1.29 is 14.3 Å². The van der Waals surface area contributed by atoms with Crippen molar-refractivity contribution in [2.45, 2.75) is 13.0 Å². The molecule has 1 unspecified atom stereocenters. The second-order valence-electron chi connectivity index (χ2n) is 6.75. The van der Waals surface area contributed by atoms with Gasteiger partial charge in [0.05, 0.1) is 31.1 Å². The van der Waals surface area contributed by atoms with Crippen LogP contribution in [-0.2, 0) is 4.79 Å². The van der Waals surface area contributed by atoms with Crippen molar-refractivity contribution in [3.63, 3.8) is 0 Å². The Bertz CT molecular complexity index is 1010. The highest BCUT2D eigenvalue weighted by atomic mass is 16.5. The number of carbonyl (C=O) groups excluding carboxylic acids is 2. The fraction of sp³-hybridized carbons (Fsp3) is 0.167. The lowest BCUT2D eigenvalue weighted by atomic mass is 10.1. The average molecular weight is 403 g/mol. The van der Waals surface area contributed by atoms with E-state index in [9.17, 15) is 9.59 Å². The van der Waals surface area contributed by atoms with Gasteiger partial charge < -0.3 is 20.7 Å². The molecule has 0 aliphatic rings. The minimum atomic E-state index is -0.209. The fourth-order valence-electron chi connectivity index (χ4n) is 3.10. The summed E-state index contributed by atoms with van der Waals surface area (Å²) in [5.41, 5.74) is 2.75. The van der Waals surface area contributed by atoms with Gasteiger partial charge in [0.25, 0.3) is 5.91 Å². The Morgan fingerprint density at radius 3 is 2.23 bits per heavy atom. The molecular formula is C24H25N3O3. The Balaban J connectivity index is 1.60. The monoisotopic (exact) mass is 403 g/mol. The average Bonchev–Trinajstić information content (AvgIpc) is 2.79. The molecule has 0 saturated carbocycles. The van der Waals surface area contributed by atoms with E-state index in [1.165, 1.54) is 0 Å². The Hall–Kier alpha value is -3.80. The number of hydrogen-bond acceptors (Lipinski definition) is 4. The number of ether oxygens (including phenoxy) is 1. The van der Waals surface area contributed by atoms with E-state index in [1.54, 1.807) is 25.3 Å². The minimum Gasteiger partial charge on any atom is -0.496 e. The highest BCUT2D eigenvalue weighted by Crippen LogP contribution is 2.24. The molecule has 1 atom stereocenters. The maximum absolute atomic E-state index is 12.5. The molecule has 0 aliphatic carbocycles. The third-order valence-electron chi connectivity index (χ3n) is 4.63. The SMILES string of the molecule is COc1ccccc1C(C)NC(=O)CNc1ccccc1NC(=O)c1ccccc1. The van der Waals surface area contributed by atoms with Crippen LogP contribution in [0.3, 0.4) is 0 Å². The second kappa shape index (κ2) is 10.1. The molecule has 6 heteroatoms. The van der Waals surface area contributed by atoms with E-state index in [-0.39, 0.29) is 24.4 Å². The van der Waals surface area contributed by atoms with Crippen molar-refractivity contribution in [2.24, 2.45) is 0 Å². The van der Waals surface area contributed by atoms with Gasteiger partial charge in [-0.3, -0.25) is 9.59 Å². The molecule has 154 valence electrons. The summed E-state index contributed by atoms with van der Waals surface area (Å²) in [6, 6.07) is 23.6. The molecule has 6 nitrogen and oxygen atoms in total. The lowest BCUT2D eigenvalue weighted by Crippen LogP contribution is -2.32. The highest BCUT2D eigenvalue weighted by molar-refractivity contribution is 6.06. The number of para-hydroxylation sites is 3. The van der Waals surface area contributed by atoms with Crippen LogP contribution in [0.4, 0.5) is 11.4 Å². The fourth-order valence-corrected chi connectivity index (χ4v) is 3.10. The van der Waals surface area contributed by atoms with Gasteiger partial charge in [-0.15, -0.1) is 0 Å². The summed E-state index contributed by atoms with van der Waals surface area (Å²) in [7, 11) is 1.61. The van der Waals surface area contributed by atoms with Gasteiger partial charge >= 0.3 is 0 Å². The van der Waals surface area contributed by atoms with E-state index in [0.29, 0.717) is 16.9 Å². The van der Waals surface area contributed by atoms with Crippen LogP contribution in [0.1, 0.15) is 28.9 Å². The van der Waals surface area contributed by atoms with Gasteiger partial charge in [-0.1, -0.05) is 48.5 Å². The zero-order valence-corrected chi connectivity index (χ0v) is 17.0. The Kier molecular flexibility index (Phi) is 7.05. The van der Waals surface area contributed by atoms with Gasteiger partial charge in [0.2, 0.25) is 5.91 Å². The first-order valence-corrected chi connectivity index (χ1v) is 9.70. The maximum Gasteiger partial charge on any atom is 0.255 e. The zero-order valence-electron chi connectivity index (χ0n) is 17.0. The normalized spacial score (nSPS) is 11.3. The summed E-state index contributed by atoms with van der Waals surface area (Å²) in [4.78, 5) is 24.9. The first kappa shape index (κ1) is 20.9. The predicted octanol–water partition coefficient (Wildman–Crippen LogP) is 4.24. The summed E-state index contributed by atoms with van der Waals surface area (Å²) >= 11 is 0. The van der Waals surface area contributed by atoms with Crippen molar-refractivity contribution in [3.05, 3.63) is 90.0 Å². The summed E-state index contributed by atoms with van der Waals surface area (Å²) in [5, 5.41) is 8.94. The van der Waals surface area contributed by atoms with Crippen molar-refractivity contribution in [2.75, 3.05) is 24.3 Å². The molecule has 0 spiro atoms. The summed E-state index contributed by atoms with van der Waals surface area (Å²) in [5.74, 6) is 0.351. The molecule has 0 fully saturated rings. The molecule has 0 saturated heterocycles. The van der Waals surface area contributed by atoms with Gasteiger partial charge in [-0.25, -0.2) is 0 Å². The molecule has 2 amide bonds. The molecule has 3 N–H and O–H groups in total. The topological polar surface area (TPSA) is 79.5 Å². The predicted molar refractivity (Wildman–Crippen MR) is 119 cm³/mol. The van der Waals surface area contributed by atoms with Crippen molar-refractivity contribution in [3.8, 4) is 5.75 Å². The van der Waals surface area contributed by atoms with Gasteiger partial charge in [-0.2, -0.15) is 0 Å². The van der Waals surface area contributed by atoms with E-state index in [1.807, 2.05) is 67.6 Å². The van der Waals surface area contributed by atoms with Gasteiger partial charge in [0, 0.05) is 11.1 Å². The molecule has 3 rings (SSSR count). The first-order valence-electron chi connectivity index (χ1n) is 9.70. The number of methoxy groups -OCH3 is 1. The van der Waals surface area contributed by atoms with Gasteiger partial charge in [-0.05, 0) is 37.3 Å². The number of anilines is 2. The van der Waals surface area contributed by atoms with Crippen molar-refractivity contribution in [1.82, 2.24) is 5.32 Å². The summed E-state index contributed by atoms with van der Waals surface area (Å²) in [6.07, 6.45) is 0. The lowest BCUT2D eigenvalue weighted by Gasteiger charge is -2.18. The number of carbonyl (C=O) groups is 2. The first-order chi connectivity index (χ1) is 14.6. The number of hydrogen-bond donors (Lipinski definition) is 3. The summed E-state index contributed by atoms with van der Waals surface area (Å²) in [6.45, 7) is 1.97. The van der Waals surface area contributed by atoms with Gasteiger partial charge in [0.1, 0.15) is 5.75 Å². The van der Waals surface area contributed by atoms with Gasteiger partial charge in [0.15, 0.2) is 0 Å². The third-order valence-corrected chi connectivity index (χ3v) is 4.63. The number of rotatable bonds is 8. The van der Waals surface area contributed by atoms with E-state index < -0.39 is 0 Å². The van der Waals surface area contributed by atoms with Crippen LogP contribution >= 0.6 is 0 Å². The minimum absolute atomic E-state index is 0.0672. The van der Waals surface area contributed by atoms with Crippen LogP contribution in [0.15, 0.2) is 78.9 Å². The van der Waals surface area contributed by atoms with E-state index in [2.05, 4.69) is 16.0 Å². The third kappa shape index (κ3) is 5.38. The smallest absolute Gasteiger partial charge is 0.255 e. The van der Waals surface area contributed by atoms with E-state index in [0.717, 1.165) is 11.3 Å². The molecule has 0 heterocycles. The highest BCUT2D eigenvalue weighted by Gasteiger charge is 2.14. The molecule has 3 aromatic rings. The molecule has 0 aromatic heterocycles. The molecule has 0 aliphatic heterocycles. The number of benzene rings is 3. The van der Waals surface area contributed by atoms with Crippen LogP contribution in [0.5, 0.6) is 5.75 Å². The summed E-state index contributed by atoms with van der Waals surface area (Å²) < 4.78 is 5.36. The number of nitrogens with one attached hydrogen (secondary N) is 3. The second-order valence-corrected chi connectivity index (χ2v) is 6.75. The maximum atomic E-state index is 12.5.